The highest BCUT2D eigenvalue weighted by molar-refractivity contribution is 6.13. The smallest absolute Gasteiger partial charge is 0.259 e. The van der Waals surface area contributed by atoms with E-state index in [1.165, 1.54) is 25.0 Å². The molecule has 1 aromatic carbocycles. The highest BCUT2D eigenvalue weighted by Gasteiger charge is 2.19. The van der Waals surface area contributed by atoms with Crippen LogP contribution < -0.4 is 15.8 Å². The van der Waals surface area contributed by atoms with Crippen LogP contribution in [0.15, 0.2) is 41.3 Å². The Morgan fingerprint density at radius 2 is 1.91 bits per heavy atom. The number of aromatic nitrogens is 1. The first-order valence-electron chi connectivity index (χ1n) is 7.65. The van der Waals surface area contributed by atoms with Crippen molar-refractivity contribution in [3.63, 3.8) is 0 Å². The van der Waals surface area contributed by atoms with Crippen molar-refractivity contribution in [2.24, 2.45) is 0 Å². The van der Waals surface area contributed by atoms with Gasteiger partial charge in [0.05, 0.1) is 17.0 Å². The van der Waals surface area contributed by atoms with Gasteiger partial charge in [-0.3, -0.25) is 15.1 Å². The van der Waals surface area contributed by atoms with Crippen molar-refractivity contribution in [3.8, 4) is 5.75 Å². The van der Waals surface area contributed by atoms with Crippen molar-refractivity contribution >= 4 is 11.4 Å². The molecule has 0 aliphatic heterocycles. The fraction of sp³-hybridized carbons (Fsp3) is 0.294. The van der Waals surface area contributed by atoms with E-state index >= 15 is 0 Å². The van der Waals surface area contributed by atoms with Crippen molar-refractivity contribution in [2.75, 3.05) is 5.32 Å². The number of anilines is 1. The Morgan fingerprint density at radius 3 is 2.57 bits per heavy atom. The van der Waals surface area contributed by atoms with E-state index in [0.29, 0.717) is 22.9 Å². The quantitative estimate of drug-likeness (QED) is 0.740. The molecule has 23 heavy (non-hydrogen) atoms. The van der Waals surface area contributed by atoms with E-state index in [4.69, 9.17) is 5.41 Å². The molecule has 0 bridgehead atoms. The predicted octanol–water partition coefficient (Wildman–Crippen LogP) is 3.41. The summed E-state index contributed by atoms with van der Waals surface area (Å²) in [5, 5.41) is 11.7. The molecule has 0 amide bonds. The van der Waals surface area contributed by atoms with Crippen LogP contribution in [0.3, 0.4) is 0 Å². The van der Waals surface area contributed by atoms with Crippen LogP contribution in [0.1, 0.15) is 36.8 Å². The molecule has 1 heterocycles. The summed E-state index contributed by atoms with van der Waals surface area (Å²) in [5.74, 6) is 0.0628. The average molecular weight is 315 g/mol. The van der Waals surface area contributed by atoms with Gasteiger partial charge in [0.1, 0.15) is 0 Å². The molecule has 0 spiro atoms. The Bertz CT molecular complexity index is 749. The molecule has 1 aliphatic rings. The third-order valence-corrected chi connectivity index (χ3v) is 4.16. The largest absolute Gasteiger partial charge is 0.382 e. The van der Waals surface area contributed by atoms with E-state index in [1.807, 2.05) is 0 Å². The van der Waals surface area contributed by atoms with Gasteiger partial charge in [0, 0.05) is 22.3 Å². The molecular formula is C17H18FN3O2. The molecule has 120 valence electrons. The number of benzene rings is 1. The number of rotatable bonds is 5. The van der Waals surface area contributed by atoms with Crippen LogP contribution in [0.2, 0.25) is 0 Å². The zero-order valence-electron chi connectivity index (χ0n) is 12.6. The molecule has 0 radical (unpaired) electrons. The number of hydrogen-bond acceptors (Lipinski definition) is 4. The van der Waals surface area contributed by atoms with E-state index in [1.54, 1.807) is 24.4 Å². The molecule has 2 aromatic rings. The van der Waals surface area contributed by atoms with Crippen LogP contribution in [0, 0.1) is 5.41 Å². The average Bonchev–Trinajstić information content (AvgIpc) is 3.08. The highest BCUT2D eigenvalue weighted by Crippen LogP contribution is 2.24. The molecule has 3 N–H and O–H groups in total. The molecule has 6 heteroatoms. The SMILES string of the molecule is N=C(c1ccc(OF)cc1)c1c(NC2CCCC2)cc[nH]c1=O. The molecule has 1 aromatic heterocycles. The summed E-state index contributed by atoms with van der Waals surface area (Å²) in [6.07, 6.45) is 6.08. The zero-order valence-corrected chi connectivity index (χ0v) is 12.6. The van der Waals surface area contributed by atoms with Crippen LogP contribution in [-0.4, -0.2) is 16.7 Å². The molecular weight excluding hydrogens is 297 g/mol. The maximum absolute atomic E-state index is 12.2. The molecule has 5 nitrogen and oxygen atoms in total. The van der Waals surface area contributed by atoms with Gasteiger partial charge in [-0.05, 0) is 43.2 Å². The van der Waals surface area contributed by atoms with Crippen molar-refractivity contribution in [3.05, 3.63) is 58.0 Å². The number of pyridine rings is 1. The summed E-state index contributed by atoms with van der Waals surface area (Å²) in [7, 11) is 0. The molecule has 0 saturated heterocycles. The third kappa shape index (κ3) is 3.26. The van der Waals surface area contributed by atoms with E-state index < -0.39 is 0 Å². The van der Waals surface area contributed by atoms with Gasteiger partial charge in [-0.1, -0.05) is 12.8 Å². The molecule has 1 fully saturated rings. The van der Waals surface area contributed by atoms with Gasteiger partial charge in [0.15, 0.2) is 5.75 Å². The Morgan fingerprint density at radius 1 is 1.22 bits per heavy atom. The Balaban J connectivity index is 1.93. The minimum absolute atomic E-state index is 0.0628. The lowest BCUT2D eigenvalue weighted by atomic mass is 10.0. The van der Waals surface area contributed by atoms with Crippen molar-refractivity contribution in [2.45, 2.75) is 31.7 Å². The van der Waals surface area contributed by atoms with Crippen LogP contribution in [0.4, 0.5) is 10.2 Å². The summed E-state index contributed by atoms with van der Waals surface area (Å²) in [5.41, 5.74) is 1.27. The first-order valence-corrected chi connectivity index (χ1v) is 7.65. The summed E-state index contributed by atoms with van der Waals surface area (Å²) >= 11 is 0. The van der Waals surface area contributed by atoms with Crippen LogP contribution >= 0.6 is 0 Å². The summed E-state index contributed by atoms with van der Waals surface area (Å²) in [6.45, 7) is 0. The van der Waals surface area contributed by atoms with E-state index in [-0.39, 0.29) is 17.0 Å². The van der Waals surface area contributed by atoms with Crippen LogP contribution in [0.5, 0.6) is 5.75 Å². The van der Waals surface area contributed by atoms with E-state index in [2.05, 4.69) is 15.2 Å². The minimum Gasteiger partial charge on any atom is -0.382 e. The fourth-order valence-electron chi connectivity index (χ4n) is 2.95. The van der Waals surface area contributed by atoms with Crippen LogP contribution in [0.25, 0.3) is 0 Å². The zero-order chi connectivity index (χ0) is 16.2. The molecule has 1 saturated carbocycles. The number of aromatic amines is 1. The summed E-state index contributed by atoms with van der Waals surface area (Å²) < 4.78 is 12.1. The molecule has 1 aliphatic carbocycles. The van der Waals surface area contributed by atoms with E-state index in [0.717, 1.165) is 12.8 Å². The van der Waals surface area contributed by atoms with Gasteiger partial charge in [-0.25, -0.2) is 0 Å². The van der Waals surface area contributed by atoms with Crippen molar-refractivity contribution in [1.29, 1.82) is 5.41 Å². The predicted molar refractivity (Wildman–Crippen MR) is 87.1 cm³/mol. The first kappa shape index (κ1) is 15.3. The standard InChI is InChI=1S/C17H18FN3O2/c18-23-13-7-5-11(6-8-13)16(19)15-14(9-10-20-17(15)22)21-12-3-1-2-4-12/h5-10,12,19H,1-4H2,(H2,20,21,22). The van der Waals surface area contributed by atoms with Crippen molar-refractivity contribution in [1.82, 2.24) is 4.98 Å². The normalized spacial score (nSPS) is 14.7. The lowest BCUT2D eigenvalue weighted by Crippen LogP contribution is -2.24. The third-order valence-electron chi connectivity index (χ3n) is 4.16. The highest BCUT2D eigenvalue weighted by atomic mass is 19.3. The summed E-state index contributed by atoms with van der Waals surface area (Å²) in [4.78, 5) is 18.5. The van der Waals surface area contributed by atoms with Crippen molar-refractivity contribution < 1.29 is 9.47 Å². The minimum atomic E-state index is -0.316. The monoisotopic (exact) mass is 315 g/mol. The number of hydrogen-bond donors (Lipinski definition) is 3. The van der Waals surface area contributed by atoms with Gasteiger partial charge in [0.25, 0.3) is 5.56 Å². The Labute approximate surface area is 132 Å². The fourth-order valence-corrected chi connectivity index (χ4v) is 2.95. The van der Waals surface area contributed by atoms with Gasteiger partial charge in [-0.15, -0.1) is 0 Å². The Kier molecular flexibility index (Phi) is 4.41. The molecule has 3 rings (SSSR count). The maximum atomic E-state index is 12.2. The lowest BCUT2D eigenvalue weighted by Gasteiger charge is -2.17. The molecule has 0 unspecified atom stereocenters. The Hall–Kier alpha value is -2.63. The second-order valence-electron chi connectivity index (χ2n) is 5.70. The van der Waals surface area contributed by atoms with E-state index in [9.17, 15) is 9.32 Å². The van der Waals surface area contributed by atoms with Gasteiger partial charge in [0.2, 0.25) is 0 Å². The summed E-state index contributed by atoms with van der Waals surface area (Å²) in [6, 6.07) is 8.08. The maximum Gasteiger partial charge on any atom is 0.259 e. The topological polar surface area (TPSA) is 78.0 Å². The number of H-pyrrole nitrogens is 1. The molecule has 0 atom stereocenters. The van der Waals surface area contributed by atoms with Gasteiger partial charge >= 0.3 is 0 Å². The van der Waals surface area contributed by atoms with Crippen LogP contribution in [-0.2, 0) is 0 Å². The number of halogens is 1. The second kappa shape index (κ2) is 6.64. The first-order chi connectivity index (χ1) is 11.2. The van der Waals surface area contributed by atoms with Gasteiger partial charge < -0.3 is 10.3 Å². The van der Waals surface area contributed by atoms with Gasteiger partial charge in [-0.2, -0.15) is 0 Å². The number of nitrogens with one attached hydrogen (secondary N) is 3. The second-order valence-corrected chi connectivity index (χ2v) is 5.70. The lowest BCUT2D eigenvalue weighted by molar-refractivity contribution is -0.00620.